The fourth-order valence-corrected chi connectivity index (χ4v) is 2.61. The Kier molecular flexibility index (Phi) is 4.77. The smallest absolute Gasteiger partial charge is 0.417 e. The number of hydrogen-bond donors (Lipinski definition) is 0. The number of hydrogen-bond acceptors (Lipinski definition) is 3. The number of ether oxygens (including phenoxy) is 1. The van der Waals surface area contributed by atoms with Gasteiger partial charge in [-0.25, -0.2) is 9.69 Å². The molecule has 1 heterocycles. The van der Waals surface area contributed by atoms with Crippen molar-refractivity contribution in [2.45, 2.75) is 39.2 Å². The van der Waals surface area contributed by atoms with Crippen LogP contribution >= 0.6 is 0 Å². The molecule has 0 N–H and O–H groups in total. The highest BCUT2D eigenvalue weighted by Crippen LogP contribution is 2.29. The highest BCUT2D eigenvalue weighted by molar-refractivity contribution is 5.93. The molecule has 2 amide bonds. The predicted molar refractivity (Wildman–Crippen MR) is 76.1 cm³/mol. The normalized spacial score (nSPS) is 19.8. The highest BCUT2D eigenvalue weighted by atomic mass is 16.6. The molecule has 108 valence electrons. The topological polar surface area (TPSA) is 46.6 Å². The molecule has 1 aliphatic heterocycles. The van der Waals surface area contributed by atoms with Gasteiger partial charge in [0.2, 0.25) is 5.91 Å². The van der Waals surface area contributed by atoms with Crippen LogP contribution < -0.4 is 0 Å². The van der Waals surface area contributed by atoms with Gasteiger partial charge in [-0.05, 0) is 11.5 Å². The van der Waals surface area contributed by atoms with E-state index in [1.807, 2.05) is 37.3 Å². The Morgan fingerprint density at radius 2 is 2.10 bits per heavy atom. The third-order valence-corrected chi connectivity index (χ3v) is 3.63. The number of carbonyl (C=O) groups is 2. The first-order valence-electron chi connectivity index (χ1n) is 7.17. The lowest BCUT2D eigenvalue weighted by atomic mass is 10.0. The molecule has 4 heteroatoms. The van der Waals surface area contributed by atoms with E-state index in [4.69, 9.17) is 4.74 Å². The molecule has 0 saturated carbocycles. The molecule has 1 unspecified atom stereocenters. The summed E-state index contributed by atoms with van der Waals surface area (Å²) in [6.45, 7) is 4.38. The van der Waals surface area contributed by atoms with Gasteiger partial charge in [0.1, 0.15) is 12.6 Å². The molecule has 1 aliphatic rings. The quantitative estimate of drug-likeness (QED) is 0.825. The summed E-state index contributed by atoms with van der Waals surface area (Å²) in [5, 5.41) is 0. The first kappa shape index (κ1) is 14.6. The third-order valence-electron chi connectivity index (χ3n) is 3.63. The van der Waals surface area contributed by atoms with Crippen molar-refractivity contribution in [2.24, 2.45) is 5.92 Å². The van der Waals surface area contributed by atoms with Gasteiger partial charge in [0.15, 0.2) is 0 Å². The number of imide groups is 1. The molecule has 0 aliphatic carbocycles. The lowest BCUT2D eigenvalue weighted by Gasteiger charge is -2.21. The minimum atomic E-state index is -0.521. The van der Waals surface area contributed by atoms with Crippen LogP contribution in [-0.4, -0.2) is 23.5 Å². The molecule has 1 aromatic rings. The van der Waals surface area contributed by atoms with Crippen molar-refractivity contribution in [3.05, 3.63) is 35.9 Å². The van der Waals surface area contributed by atoms with E-state index in [1.54, 1.807) is 0 Å². The van der Waals surface area contributed by atoms with Crippen molar-refractivity contribution in [1.82, 2.24) is 4.90 Å². The van der Waals surface area contributed by atoms with Crippen LogP contribution in [-0.2, 0) is 9.53 Å². The SMILES string of the molecule is CCCC(C)CC(=O)N1C(=O)OC[C@H]1c1ccccc1. The predicted octanol–water partition coefficient (Wildman–Crippen LogP) is 3.53. The number of benzene rings is 1. The maximum Gasteiger partial charge on any atom is 0.417 e. The van der Waals surface area contributed by atoms with Gasteiger partial charge in [0.05, 0.1) is 0 Å². The Morgan fingerprint density at radius 3 is 2.75 bits per heavy atom. The second-order valence-electron chi connectivity index (χ2n) is 5.37. The fourth-order valence-electron chi connectivity index (χ4n) is 2.61. The van der Waals surface area contributed by atoms with E-state index >= 15 is 0 Å². The Balaban J connectivity index is 2.11. The molecule has 0 aromatic heterocycles. The third kappa shape index (κ3) is 3.18. The Hall–Kier alpha value is -1.84. The number of amides is 2. The minimum Gasteiger partial charge on any atom is -0.446 e. The van der Waals surface area contributed by atoms with Crippen LogP contribution in [0.2, 0.25) is 0 Å². The average Bonchev–Trinajstić information content (AvgIpc) is 2.82. The minimum absolute atomic E-state index is 0.137. The standard InChI is InChI=1S/C16H21NO3/c1-3-7-12(2)10-15(18)17-14(11-20-16(17)19)13-8-5-4-6-9-13/h4-6,8-9,12,14H,3,7,10-11H2,1-2H3/t12?,14-/m0/s1. The van der Waals surface area contributed by atoms with Gasteiger partial charge in [0, 0.05) is 6.42 Å². The van der Waals surface area contributed by atoms with E-state index in [0.717, 1.165) is 18.4 Å². The summed E-state index contributed by atoms with van der Waals surface area (Å²) in [4.78, 5) is 25.5. The fraction of sp³-hybridized carbons (Fsp3) is 0.500. The Bertz CT molecular complexity index is 472. The van der Waals surface area contributed by atoms with Crippen molar-refractivity contribution in [3.8, 4) is 0 Å². The van der Waals surface area contributed by atoms with Gasteiger partial charge in [0.25, 0.3) is 0 Å². The maximum absolute atomic E-state index is 12.3. The largest absolute Gasteiger partial charge is 0.446 e. The summed E-state index contributed by atoms with van der Waals surface area (Å²) in [6.07, 6.45) is 1.91. The van der Waals surface area contributed by atoms with Crippen molar-refractivity contribution in [2.75, 3.05) is 6.61 Å². The van der Waals surface area contributed by atoms with E-state index in [-0.39, 0.29) is 24.5 Å². The van der Waals surface area contributed by atoms with Crippen LogP contribution in [0.25, 0.3) is 0 Å². The van der Waals surface area contributed by atoms with E-state index in [1.165, 1.54) is 4.90 Å². The summed E-state index contributed by atoms with van der Waals surface area (Å²) in [6, 6.07) is 9.27. The van der Waals surface area contributed by atoms with Crippen molar-refractivity contribution in [1.29, 1.82) is 0 Å². The van der Waals surface area contributed by atoms with Crippen molar-refractivity contribution in [3.63, 3.8) is 0 Å². The highest BCUT2D eigenvalue weighted by Gasteiger charge is 2.38. The lowest BCUT2D eigenvalue weighted by molar-refractivity contribution is -0.130. The molecule has 2 atom stereocenters. The van der Waals surface area contributed by atoms with Crippen LogP contribution in [0.4, 0.5) is 4.79 Å². The zero-order valence-electron chi connectivity index (χ0n) is 12.0. The second kappa shape index (κ2) is 6.55. The zero-order valence-corrected chi connectivity index (χ0v) is 12.0. The van der Waals surface area contributed by atoms with Crippen LogP contribution in [0.3, 0.4) is 0 Å². The molecule has 0 bridgehead atoms. The van der Waals surface area contributed by atoms with Gasteiger partial charge in [-0.1, -0.05) is 57.0 Å². The van der Waals surface area contributed by atoms with Gasteiger partial charge in [-0.15, -0.1) is 0 Å². The monoisotopic (exact) mass is 275 g/mol. The van der Waals surface area contributed by atoms with Crippen molar-refractivity contribution < 1.29 is 14.3 Å². The van der Waals surface area contributed by atoms with Crippen LogP contribution in [0.5, 0.6) is 0 Å². The van der Waals surface area contributed by atoms with E-state index < -0.39 is 6.09 Å². The summed E-state index contributed by atoms with van der Waals surface area (Å²) in [5.74, 6) is 0.152. The molecule has 1 fully saturated rings. The number of carbonyl (C=O) groups excluding carboxylic acids is 2. The number of cyclic esters (lactones) is 1. The lowest BCUT2D eigenvalue weighted by Crippen LogP contribution is -2.35. The van der Waals surface area contributed by atoms with E-state index in [9.17, 15) is 9.59 Å². The maximum atomic E-state index is 12.3. The van der Waals surface area contributed by atoms with Gasteiger partial charge < -0.3 is 4.74 Å². The number of nitrogens with zero attached hydrogens (tertiary/aromatic N) is 1. The molecule has 4 nitrogen and oxygen atoms in total. The van der Waals surface area contributed by atoms with E-state index in [0.29, 0.717) is 6.42 Å². The van der Waals surface area contributed by atoms with E-state index in [2.05, 4.69) is 6.92 Å². The van der Waals surface area contributed by atoms with Gasteiger partial charge in [-0.2, -0.15) is 0 Å². The molecule has 1 aromatic carbocycles. The number of rotatable bonds is 5. The Morgan fingerprint density at radius 1 is 1.40 bits per heavy atom. The van der Waals surface area contributed by atoms with Crippen LogP contribution in [0.1, 0.15) is 44.7 Å². The van der Waals surface area contributed by atoms with Crippen LogP contribution in [0.15, 0.2) is 30.3 Å². The molecular formula is C16H21NO3. The van der Waals surface area contributed by atoms with Gasteiger partial charge in [-0.3, -0.25) is 4.79 Å². The first-order chi connectivity index (χ1) is 9.63. The second-order valence-corrected chi connectivity index (χ2v) is 5.37. The molecule has 0 spiro atoms. The Labute approximate surface area is 119 Å². The summed E-state index contributed by atoms with van der Waals surface area (Å²) in [7, 11) is 0. The first-order valence-corrected chi connectivity index (χ1v) is 7.17. The van der Waals surface area contributed by atoms with Crippen molar-refractivity contribution >= 4 is 12.0 Å². The summed E-state index contributed by atoms with van der Waals surface area (Å²) in [5.41, 5.74) is 0.940. The summed E-state index contributed by atoms with van der Waals surface area (Å²) < 4.78 is 5.06. The molecule has 20 heavy (non-hydrogen) atoms. The molecule has 0 radical (unpaired) electrons. The summed E-state index contributed by atoms with van der Waals surface area (Å²) >= 11 is 0. The zero-order chi connectivity index (χ0) is 14.5. The van der Waals surface area contributed by atoms with Gasteiger partial charge >= 0.3 is 6.09 Å². The molecular weight excluding hydrogens is 254 g/mol. The average molecular weight is 275 g/mol. The van der Waals surface area contributed by atoms with Crippen LogP contribution in [0, 0.1) is 5.92 Å². The molecule has 2 rings (SSSR count). The molecule has 1 saturated heterocycles.